The maximum absolute atomic E-state index is 11.2. The average Bonchev–Trinajstić information content (AvgIpc) is 2.78. The van der Waals surface area contributed by atoms with E-state index in [-0.39, 0.29) is 5.41 Å². The molecule has 5 nitrogen and oxygen atoms in total. The first kappa shape index (κ1) is 12.3. The summed E-state index contributed by atoms with van der Waals surface area (Å²) in [6.45, 7) is 6.22. The number of thiophene rings is 1. The van der Waals surface area contributed by atoms with Crippen molar-refractivity contribution in [2.24, 2.45) is 5.41 Å². The molecule has 1 aliphatic rings. The van der Waals surface area contributed by atoms with Gasteiger partial charge in [0, 0.05) is 6.04 Å². The zero-order chi connectivity index (χ0) is 13.8. The molecule has 1 fully saturated rings. The second kappa shape index (κ2) is 3.90. The molecule has 2 heterocycles. The number of aromatic nitrogens is 2. The number of nitrogens with zero attached hydrogens (tertiary/aromatic N) is 2. The lowest BCUT2D eigenvalue weighted by Gasteiger charge is -2.08. The average molecular weight is 277 g/mol. The molecule has 0 aromatic carbocycles. The van der Waals surface area contributed by atoms with Crippen LogP contribution in [0.3, 0.4) is 0 Å². The van der Waals surface area contributed by atoms with Crippen molar-refractivity contribution >= 4 is 33.3 Å². The van der Waals surface area contributed by atoms with E-state index < -0.39 is 5.97 Å². The minimum atomic E-state index is -0.904. The lowest BCUT2D eigenvalue weighted by Crippen LogP contribution is -2.10. The van der Waals surface area contributed by atoms with Crippen molar-refractivity contribution in [2.45, 2.75) is 33.2 Å². The van der Waals surface area contributed by atoms with Gasteiger partial charge >= 0.3 is 5.97 Å². The first-order valence-electron chi connectivity index (χ1n) is 6.14. The highest BCUT2D eigenvalue weighted by atomic mass is 32.1. The predicted octanol–water partition coefficient (Wildman–Crippen LogP) is 2.91. The molecule has 1 aliphatic carbocycles. The molecule has 0 saturated heterocycles. The van der Waals surface area contributed by atoms with Crippen LogP contribution in [0.15, 0.2) is 6.33 Å². The number of rotatable bonds is 3. The van der Waals surface area contributed by atoms with Gasteiger partial charge in [-0.05, 0) is 24.3 Å². The Morgan fingerprint density at radius 3 is 2.79 bits per heavy atom. The highest BCUT2D eigenvalue weighted by Crippen LogP contribution is 2.47. The Morgan fingerprint density at radius 2 is 2.21 bits per heavy atom. The number of carboxylic acids is 1. The molecular formula is C13H15N3O2S. The monoisotopic (exact) mass is 277 g/mol. The number of hydrogen-bond donors (Lipinski definition) is 2. The summed E-state index contributed by atoms with van der Waals surface area (Å²) in [5.74, 6) is -0.153. The summed E-state index contributed by atoms with van der Waals surface area (Å²) >= 11 is 1.20. The van der Waals surface area contributed by atoms with E-state index in [2.05, 4.69) is 29.1 Å². The molecule has 2 aromatic rings. The molecule has 2 N–H and O–H groups in total. The van der Waals surface area contributed by atoms with Crippen LogP contribution in [-0.4, -0.2) is 27.1 Å². The standard InChI is InChI=1S/C13H15N3O2S/c1-6-8-10(16-7-4-13(7,2)3)14-5-15-11(8)19-9(6)12(17)18/h5,7H,4H2,1-3H3,(H,17,18)(H,14,15,16). The van der Waals surface area contributed by atoms with Crippen molar-refractivity contribution in [3.8, 4) is 0 Å². The van der Waals surface area contributed by atoms with Gasteiger partial charge < -0.3 is 10.4 Å². The summed E-state index contributed by atoms with van der Waals surface area (Å²) in [5.41, 5.74) is 1.03. The van der Waals surface area contributed by atoms with Gasteiger partial charge in [-0.2, -0.15) is 0 Å². The zero-order valence-corrected chi connectivity index (χ0v) is 11.8. The molecule has 0 bridgehead atoms. The van der Waals surface area contributed by atoms with Crippen LogP contribution in [0.5, 0.6) is 0 Å². The number of carboxylic acid groups (broad SMARTS) is 1. The summed E-state index contributed by atoms with van der Waals surface area (Å²) < 4.78 is 0. The summed E-state index contributed by atoms with van der Waals surface area (Å²) in [7, 11) is 0. The lowest BCUT2D eigenvalue weighted by atomic mass is 10.1. The van der Waals surface area contributed by atoms with E-state index >= 15 is 0 Å². The van der Waals surface area contributed by atoms with Crippen molar-refractivity contribution in [3.63, 3.8) is 0 Å². The molecule has 100 valence electrons. The second-order valence-corrected chi connectivity index (χ2v) is 6.65. The maximum atomic E-state index is 11.2. The van der Waals surface area contributed by atoms with Crippen molar-refractivity contribution in [1.82, 2.24) is 9.97 Å². The van der Waals surface area contributed by atoms with Gasteiger partial charge in [0.1, 0.15) is 21.9 Å². The molecule has 0 aliphatic heterocycles. The minimum absolute atomic E-state index is 0.289. The zero-order valence-electron chi connectivity index (χ0n) is 11.0. The number of carbonyl (C=O) groups is 1. The van der Waals surface area contributed by atoms with Gasteiger partial charge in [0.25, 0.3) is 0 Å². The molecule has 0 radical (unpaired) electrons. The molecule has 3 rings (SSSR count). The topological polar surface area (TPSA) is 75.1 Å². The summed E-state index contributed by atoms with van der Waals surface area (Å²) in [4.78, 5) is 20.7. The van der Waals surface area contributed by atoms with Crippen molar-refractivity contribution in [3.05, 3.63) is 16.8 Å². The molecule has 2 aromatic heterocycles. The minimum Gasteiger partial charge on any atom is -0.477 e. The Labute approximate surface area is 114 Å². The third-order valence-corrected chi connectivity index (χ3v) is 4.93. The third kappa shape index (κ3) is 1.96. The molecule has 0 spiro atoms. The van der Waals surface area contributed by atoms with Crippen molar-refractivity contribution in [2.75, 3.05) is 5.32 Å². The highest BCUT2D eigenvalue weighted by molar-refractivity contribution is 7.20. The van der Waals surface area contributed by atoms with Crippen LogP contribution >= 0.6 is 11.3 Å². The fourth-order valence-corrected chi connectivity index (χ4v) is 3.25. The van der Waals surface area contributed by atoms with E-state index in [1.165, 1.54) is 17.7 Å². The van der Waals surface area contributed by atoms with E-state index in [9.17, 15) is 9.90 Å². The molecule has 19 heavy (non-hydrogen) atoms. The lowest BCUT2D eigenvalue weighted by molar-refractivity contribution is 0.0701. The smallest absolute Gasteiger partial charge is 0.346 e. The van der Waals surface area contributed by atoms with E-state index in [0.717, 1.165) is 28.0 Å². The van der Waals surface area contributed by atoms with Crippen LogP contribution in [0.4, 0.5) is 5.82 Å². The molecule has 1 unspecified atom stereocenters. The van der Waals surface area contributed by atoms with Crippen LogP contribution in [0.1, 0.15) is 35.5 Å². The highest BCUT2D eigenvalue weighted by Gasteiger charge is 2.46. The van der Waals surface area contributed by atoms with Crippen LogP contribution in [0, 0.1) is 12.3 Å². The summed E-state index contributed by atoms with van der Waals surface area (Å²) in [6.07, 6.45) is 2.59. The number of hydrogen-bond acceptors (Lipinski definition) is 5. The van der Waals surface area contributed by atoms with E-state index in [0.29, 0.717) is 10.9 Å². The van der Waals surface area contributed by atoms with Gasteiger partial charge in [-0.3, -0.25) is 0 Å². The van der Waals surface area contributed by atoms with Gasteiger partial charge in [0.2, 0.25) is 0 Å². The number of aryl methyl sites for hydroxylation is 1. The van der Waals surface area contributed by atoms with Gasteiger partial charge in [0.15, 0.2) is 0 Å². The van der Waals surface area contributed by atoms with E-state index in [1.54, 1.807) is 0 Å². The van der Waals surface area contributed by atoms with Crippen molar-refractivity contribution in [1.29, 1.82) is 0 Å². The molecule has 0 amide bonds. The molecule has 1 saturated carbocycles. The number of fused-ring (bicyclic) bond motifs is 1. The number of aromatic carboxylic acids is 1. The third-order valence-electron chi connectivity index (χ3n) is 3.75. The fourth-order valence-electron chi connectivity index (χ4n) is 2.26. The Balaban J connectivity index is 2.07. The van der Waals surface area contributed by atoms with Crippen LogP contribution in [0.2, 0.25) is 0 Å². The van der Waals surface area contributed by atoms with Gasteiger partial charge in [0.05, 0.1) is 5.39 Å². The van der Waals surface area contributed by atoms with Crippen molar-refractivity contribution < 1.29 is 9.90 Å². The van der Waals surface area contributed by atoms with E-state index in [4.69, 9.17) is 0 Å². The van der Waals surface area contributed by atoms with Gasteiger partial charge in [-0.25, -0.2) is 14.8 Å². The van der Waals surface area contributed by atoms with Gasteiger partial charge in [-0.15, -0.1) is 11.3 Å². The quantitative estimate of drug-likeness (QED) is 0.902. The first-order valence-corrected chi connectivity index (χ1v) is 6.96. The molecular weight excluding hydrogens is 262 g/mol. The largest absolute Gasteiger partial charge is 0.477 e. The normalized spacial score (nSPS) is 20.5. The second-order valence-electron chi connectivity index (χ2n) is 5.65. The maximum Gasteiger partial charge on any atom is 0.346 e. The van der Waals surface area contributed by atoms with Gasteiger partial charge in [-0.1, -0.05) is 13.8 Å². The SMILES string of the molecule is Cc1c(C(=O)O)sc2ncnc(NC3CC3(C)C)c12. The van der Waals surface area contributed by atoms with E-state index in [1.807, 2.05) is 6.92 Å². The number of nitrogens with one attached hydrogen (secondary N) is 1. The molecule has 1 atom stereocenters. The summed E-state index contributed by atoms with van der Waals surface area (Å²) in [6, 6.07) is 0.401. The summed E-state index contributed by atoms with van der Waals surface area (Å²) in [5, 5.41) is 13.4. The Kier molecular flexibility index (Phi) is 2.53. The Hall–Kier alpha value is -1.69. The Bertz CT molecular complexity index is 678. The fraction of sp³-hybridized carbons (Fsp3) is 0.462. The van der Waals surface area contributed by atoms with Crippen LogP contribution in [-0.2, 0) is 0 Å². The van der Waals surface area contributed by atoms with Crippen LogP contribution in [0.25, 0.3) is 10.2 Å². The Morgan fingerprint density at radius 1 is 1.53 bits per heavy atom. The first-order chi connectivity index (χ1) is 8.90. The number of anilines is 1. The molecule has 6 heteroatoms. The van der Waals surface area contributed by atoms with Crippen LogP contribution < -0.4 is 5.32 Å². The predicted molar refractivity (Wildman–Crippen MR) is 74.9 cm³/mol.